The molecule has 0 spiro atoms. The van der Waals surface area contributed by atoms with Crippen LogP contribution in [0.25, 0.3) is 0 Å². The zero-order valence-corrected chi connectivity index (χ0v) is 15.7. The average Bonchev–Trinajstić information content (AvgIpc) is 2.90. The van der Waals surface area contributed by atoms with Gasteiger partial charge in [-0.3, -0.25) is 9.58 Å². The van der Waals surface area contributed by atoms with Crippen molar-refractivity contribution in [1.29, 1.82) is 0 Å². The lowest BCUT2D eigenvalue weighted by Gasteiger charge is -2.20. The molecule has 25 heavy (non-hydrogen) atoms. The maximum atomic E-state index is 10.0. The molecule has 0 fully saturated rings. The molecule has 0 amide bonds. The van der Waals surface area contributed by atoms with E-state index in [1.54, 1.807) is 0 Å². The highest BCUT2D eigenvalue weighted by molar-refractivity contribution is 6.32. The van der Waals surface area contributed by atoms with Gasteiger partial charge in [0.05, 0.1) is 22.5 Å². The van der Waals surface area contributed by atoms with Crippen molar-refractivity contribution in [3.8, 4) is 5.75 Å². The van der Waals surface area contributed by atoms with Crippen molar-refractivity contribution in [3.63, 3.8) is 0 Å². The first-order valence-corrected chi connectivity index (χ1v) is 9.30. The number of hydrogen-bond acceptors (Lipinski definition) is 4. The van der Waals surface area contributed by atoms with Gasteiger partial charge in [-0.15, -0.1) is 0 Å². The molecule has 1 aromatic carbocycles. The van der Waals surface area contributed by atoms with Gasteiger partial charge < -0.3 is 9.84 Å². The highest BCUT2D eigenvalue weighted by Gasteiger charge is 2.19. The molecule has 1 aliphatic rings. The Bertz CT molecular complexity index is 717. The van der Waals surface area contributed by atoms with Crippen LogP contribution in [0.1, 0.15) is 42.8 Å². The molecule has 1 aliphatic heterocycles. The van der Waals surface area contributed by atoms with Crippen molar-refractivity contribution in [1.82, 2.24) is 14.7 Å². The minimum absolute atomic E-state index is 0.473. The largest absolute Gasteiger partial charge is 0.491 e. The molecule has 5 nitrogen and oxygen atoms in total. The second kappa shape index (κ2) is 8.21. The fraction of sp³-hybridized carbons (Fsp3) is 0.526. The quantitative estimate of drug-likeness (QED) is 0.852. The van der Waals surface area contributed by atoms with Crippen LogP contribution in [0, 0.1) is 6.92 Å². The maximum absolute atomic E-state index is 10.0. The molecule has 3 rings (SSSR count). The molecule has 1 N–H and O–H groups in total. The van der Waals surface area contributed by atoms with Crippen LogP contribution < -0.4 is 4.74 Å². The van der Waals surface area contributed by atoms with Crippen molar-refractivity contribution < 1.29 is 9.84 Å². The number of hydrogen-bond donors (Lipinski definition) is 1. The zero-order valence-electron chi connectivity index (χ0n) is 14.9. The number of aliphatic hydroxyl groups excluding tert-OH is 1. The normalized spacial score (nSPS) is 16.3. The van der Waals surface area contributed by atoms with Crippen LogP contribution in [0.15, 0.2) is 24.3 Å². The molecule has 0 saturated heterocycles. The lowest BCUT2D eigenvalue weighted by Crippen LogP contribution is -2.28. The molecular formula is C19H26ClN3O2. The monoisotopic (exact) mass is 363 g/mol. The van der Waals surface area contributed by atoms with Crippen molar-refractivity contribution >= 4 is 11.6 Å². The number of halogens is 1. The second-order valence-corrected chi connectivity index (χ2v) is 7.03. The first-order valence-electron chi connectivity index (χ1n) is 8.93. The van der Waals surface area contributed by atoms with E-state index >= 15 is 0 Å². The molecule has 0 saturated carbocycles. The van der Waals surface area contributed by atoms with Gasteiger partial charge in [-0.2, -0.15) is 5.10 Å². The van der Waals surface area contributed by atoms with Crippen LogP contribution in [0.4, 0.5) is 0 Å². The van der Waals surface area contributed by atoms with Crippen LogP contribution in [0.5, 0.6) is 5.75 Å². The summed E-state index contributed by atoms with van der Waals surface area (Å²) in [5.41, 5.74) is 3.08. The van der Waals surface area contributed by atoms with Gasteiger partial charge in [-0.25, -0.2) is 0 Å². The SMILES string of the molecule is CCC(O)c1cc2n(n1)CCCN(CCOc1cc(C)ccc1Cl)C2. The summed E-state index contributed by atoms with van der Waals surface area (Å²) in [7, 11) is 0. The fourth-order valence-electron chi connectivity index (χ4n) is 3.12. The Hall–Kier alpha value is -1.56. The lowest BCUT2D eigenvalue weighted by molar-refractivity contribution is 0.167. The fourth-order valence-corrected chi connectivity index (χ4v) is 3.29. The summed E-state index contributed by atoms with van der Waals surface area (Å²) in [5.74, 6) is 0.745. The summed E-state index contributed by atoms with van der Waals surface area (Å²) in [6, 6.07) is 7.85. The summed E-state index contributed by atoms with van der Waals surface area (Å²) in [6.07, 6.45) is 1.26. The Kier molecular flexibility index (Phi) is 5.99. The maximum Gasteiger partial charge on any atom is 0.138 e. The van der Waals surface area contributed by atoms with Crippen LogP contribution in [-0.4, -0.2) is 39.5 Å². The Labute approximate surface area is 154 Å². The van der Waals surface area contributed by atoms with Gasteiger partial charge >= 0.3 is 0 Å². The summed E-state index contributed by atoms with van der Waals surface area (Å²) in [6.45, 7) is 8.17. The lowest BCUT2D eigenvalue weighted by atomic mass is 10.2. The van der Waals surface area contributed by atoms with Crippen molar-refractivity contribution in [3.05, 3.63) is 46.2 Å². The van der Waals surface area contributed by atoms with Gasteiger partial charge in [0.25, 0.3) is 0 Å². The first-order chi connectivity index (χ1) is 12.1. The number of fused-ring (bicyclic) bond motifs is 1. The third kappa shape index (κ3) is 4.54. The van der Waals surface area contributed by atoms with Crippen molar-refractivity contribution in [2.24, 2.45) is 0 Å². The number of ether oxygens (including phenoxy) is 1. The van der Waals surface area contributed by atoms with Gasteiger partial charge in [0.2, 0.25) is 0 Å². The Morgan fingerprint density at radius 2 is 2.16 bits per heavy atom. The molecule has 1 atom stereocenters. The number of rotatable bonds is 6. The van der Waals surface area contributed by atoms with Gasteiger partial charge in [-0.05, 0) is 43.5 Å². The first kappa shape index (κ1) is 18.2. The van der Waals surface area contributed by atoms with Crippen LogP contribution in [0.2, 0.25) is 5.02 Å². The minimum Gasteiger partial charge on any atom is -0.491 e. The van der Waals surface area contributed by atoms with E-state index in [0.29, 0.717) is 18.1 Å². The van der Waals surface area contributed by atoms with E-state index in [2.05, 4.69) is 10.00 Å². The number of aliphatic hydroxyl groups is 1. The van der Waals surface area contributed by atoms with E-state index < -0.39 is 6.10 Å². The molecule has 136 valence electrons. The van der Waals surface area contributed by atoms with Crippen molar-refractivity contribution in [2.75, 3.05) is 19.7 Å². The Morgan fingerprint density at radius 1 is 1.32 bits per heavy atom. The van der Waals surface area contributed by atoms with E-state index in [1.807, 2.05) is 42.8 Å². The molecule has 0 aliphatic carbocycles. The zero-order chi connectivity index (χ0) is 17.8. The summed E-state index contributed by atoms with van der Waals surface area (Å²) in [4.78, 5) is 2.37. The third-order valence-electron chi connectivity index (χ3n) is 4.59. The van der Waals surface area contributed by atoms with E-state index in [0.717, 1.165) is 55.3 Å². The van der Waals surface area contributed by atoms with Gasteiger partial charge in [0.15, 0.2) is 0 Å². The van der Waals surface area contributed by atoms with Crippen LogP contribution in [-0.2, 0) is 13.1 Å². The number of aryl methyl sites for hydroxylation is 2. The molecule has 1 aromatic heterocycles. The molecular weight excluding hydrogens is 338 g/mol. The third-order valence-corrected chi connectivity index (χ3v) is 4.90. The highest BCUT2D eigenvalue weighted by Crippen LogP contribution is 2.25. The van der Waals surface area contributed by atoms with Gasteiger partial charge in [-0.1, -0.05) is 24.6 Å². The van der Waals surface area contributed by atoms with E-state index in [1.165, 1.54) is 0 Å². The molecule has 2 heterocycles. The predicted molar refractivity (Wildman–Crippen MR) is 99.1 cm³/mol. The van der Waals surface area contributed by atoms with Gasteiger partial charge in [0, 0.05) is 26.2 Å². The standard InChI is InChI=1S/C19H26ClN3O2/c1-3-18(24)17-12-15-13-22(7-4-8-23(15)21-17)9-10-25-19-11-14(2)5-6-16(19)20/h5-6,11-12,18,24H,3-4,7-10,13H2,1-2H3. The van der Waals surface area contributed by atoms with Crippen molar-refractivity contribution in [2.45, 2.75) is 45.9 Å². The number of benzene rings is 1. The Balaban J connectivity index is 1.58. The highest BCUT2D eigenvalue weighted by atomic mass is 35.5. The van der Waals surface area contributed by atoms with Crippen LogP contribution >= 0.6 is 11.6 Å². The summed E-state index contributed by atoms with van der Waals surface area (Å²) in [5, 5.41) is 15.2. The predicted octanol–water partition coefficient (Wildman–Crippen LogP) is 3.57. The van der Waals surface area contributed by atoms with Gasteiger partial charge in [0.1, 0.15) is 12.4 Å². The number of aromatic nitrogens is 2. The summed E-state index contributed by atoms with van der Waals surface area (Å²) < 4.78 is 7.91. The molecule has 0 radical (unpaired) electrons. The van der Waals surface area contributed by atoms with Crippen LogP contribution in [0.3, 0.4) is 0 Å². The number of nitrogens with zero attached hydrogens (tertiary/aromatic N) is 3. The summed E-state index contributed by atoms with van der Waals surface area (Å²) >= 11 is 6.18. The van der Waals surface area contributed by atoms with E-state index in [-0.39, 0.29) is 0 Å². The second-order valence-electron chi connectivity index (χ2n) is 6.62. The molecule has 6 heteroatoms. The topological polar surface area (TPSA) is 50.5 Å². The molecule has 1 unspecified atom stereocenters. The van der Waals surface area contributed by atoms with E-state index in [9.17, 15) is 5.11 Å². The van der Waals surface area contributed by atoms with E-state index in [4.69, 9.17) is 16.3 Å². The average molecular weight is 364 g/mol. The smallest absolute Gasteiger partial charge is 0.138 e. The molecule has 0 bridgehead atoms. The molecule has 2 aromatic rings. The minimum atomic E-state index is -0.473. The Morgan fingerprint density at radius 3 is 2.96 bits per heavy atom.